The van der Waals surface area contributed by atoms with Crippen LogP contribution in [0.1, 0.15) is 37.5 Å². The fourth-order valence-electron chi connectivity index (χ4n) is 2.52. The highest BCUT2D eigenvalue weighted by Crippen LogP contribution is 2.29. The van der Waals surface area contributed by atoms with Gasteiger partial charge in [0.2, 0.25) is 0 Å². The average Bonchev–Trinajstić information content (AvgIpc) is 2.67. The summed E-state index contributed by atoms with van der Waals surface area (Å²) >= 11 is 5.33. The van der Waals surface area contributed by atoms with Crippen LogP contribution in [-0.2, 0) is 6.54 Å². The Morgan fingerprint density at radius 3 is 2.88 bits per heavy atom. The fourth-order valence-corrected chi connectivity index (χ4v) is 3.98. The molecule has 2 rings (SSSR count). The highest BCUT2D eigenvalue weighted by atomic mass is 79.9. The highest BCUT2D eigenvalue weighted by Gasteiger charge is 2.20. The molecule has 3 heteroatoms. The Bertz CT molecular complexity index is 323. The van der Waals surface area contributed by atoms with Gasteiger partial charge in [0.1, 0.15) is 0 Å². The molecule has 1 heterocycles. The number of rotatable bonds is 4. The highest BCUT2D eigenvalue weighted by molar-refractivity contribution is 9.11. The zero-order chi connectivity index (χ0) is 11.4. The molecule has 1 aliphatic rings. The maximum atomic E-state index is 3.60. The third-order valence-electron chi connectivity index (χ3n) is 3.62. The summed E-state index contributed by atoms with van der Waals surface area (Å²) in [6, 6.07) is 4.33. The molecule has 1 aromatic rings. The first-order chi connectivity index (χ1) is 7.75. The van der Waals surface area contributed by atoms with Gasteiger partial charge in [0.25, 0.3) is 0 Å². The molecule has 0 aliphatic heterocycles. The number of nitrogens with one attached hydrogen (secondary N) is 1. The maximum Gasteiger partial charge on any atom is 0.0701 e. The van der Waals surface area contributed by atoms with Gasteiger partial charge in [0.05, 0.1) is 3.79 Å². The largest absolute Gasteiger partial charge is 0.312 e. The summed E-state index contributed by atoms with van der Waals surface area (Å²) in [5.74, 6) is 1.81. The van der Waals surface area contributed by atoms with Gasteiger partial charge in [0, 0.05) is 11.4 Å². The van der Waals surface area contributed by atoms with E-state index in [0.717, 1.165) is 18.4 Å². The molecule has 0 bridgehead atoms. The molecule has 1 aromatic heterocycles. The predicted molar refractivity (Wildman–Crippen MR) is 74.8 cm³/mol. The number of hydrogen-bond acceptors (Lipinski definition) is 2. The van der Waals surface area contributed by atoms with Gasteiger partial charge in [-0.2, -0.15) is 0 Å². The van der Waals surface area contributed by atoms with Crippen molar-refractivity contribution in [3.05, 3.63) is 20.8 Å². The van der Waals surface area contributed by atoms with Crippen molar-refractivity contribution in [2.24, 2.45) is 11.8 Å². The van der Waals surface area contributed by atoms with E-state index in [4.69, 9.17) is 0 Å². The summed E-state index contributed by atoms with van der Waals surface area (Å²) in [5.41, 5.74) is 0. The molecular weight excluding hydrogens is 282 g/mol. The third kappa shape index (κ3) is 3.57. The minimum Gasteiger partial charge on any atom is -0.312 e. The summed E-state index contributed by atoms with van der Waals surface area (Å²) in [6.45, 7) is 4.63. The Labute approximate surface area is 111 Å². The molecule has 16 heavy (non-hydrogen) atoms. The van der Waals surface area contributed by atoms with E-state index in [-0.39, 0.29) is 0 Å². The second-order valence-corrected chi connectivity index (χ2v) is 7.41. The Kier molecular flexibility index (Phi) is 4.86. The topological polar surface area (TPSA) is 12.0 Å². The summed E-state index contributed by atoms with van der Waals surface area (Å²) in [7, 11) is 0. The molecule has 90 valence electrons. The minimum absolute atomic E-state index is 0.900. The lowest BCUT2D eigenvalue weighted by Crippen LogP contribution is -2.28. The Morgan fingerprint density at radius 1 is 1.38 bits per heavy atom. The van der Waals surface area contributed by atoms with Crippen molar-refractivity contribution < 1.29 is 0 Å². The quantitative estimate of drug-likeness (QED) is 0.868. The molecule has 0 radical (unpaired) electrons. The van der Waals surface area contributed by atoms with E-state index in [0.29, 0.717) is 0 Å². The van der Waals surface area contributed by atoms with Crippen molar-refractivity contribution in [1.82, 2.24) is 5.32 Å². The second-order valence-electron chi connectivity index (χ2n) is 4.86. The predicted octanol–water partition coefficient (Wildman–Crippen LogP) is 4.43. The lowest BCUT2D eigenvalue weighted by Gasteiger charge is -2.28. The van der Waals surface area contributed by atoms with Crippen LogP contribution in [-0.4, -0.2) is 6.54 Å². The van der Waals surface area contributed by atoms with Crippen molar-refractivity contribution in [2.45, 2.75) is 39.2 Å². The molecule has 1 fully saturated rings. The number of hydrogen-bond donors (Lipinski definition) is 1. The smallest absolute Gasteiger partial charge is 0.0701 e. The van der Waals surface area contributed by atoms with Gasteiger partial charge in [-0.25, -0.2) is 0 Å². The van der Waals surface area contributed by atoms with Gasteiger partial charge in [-0.1, -0.05) is 26.2 Å². The number of thiophene rings is 1. The molecule has 1 N–H and O–H groups in total. The Balaban J connectivity index is 1.71. The van der Waals surface area contributed by atoms with E-state index in [1.54, 1.807) is 0 Å². The lowest BCUT2D eigenvalue weighted by atomic mass is 9.80. The monoisotopic (exact) mass is 301 g/mol. The van der Waals surface area contributed by atoms with Gasteiger partial charge in [0.15, 0.2) is 0 Å². The first-order valence-corrected chi connectivity index (χ1v) is 7.81. The van der Waals surface area contributed by atoms with Crippen LogP contribution in [0.5, 0.6) is 0 Å². The van der Waals surface area contributed by atoms with Gasteiger partial charge < -0.3 is 5.32 Å². The number of halogens is 1. The molecule has 0 spiro atoms. The van der Waals surface area contributed by atoms with E-state index in [1.165, 1.54) is 40.9 Å². The van der Waals surface area contributed by atoms with Crippen LogP contribution in [0.25, 0.3) is 0 Å². The summed E-state index contributed by atoms with van der Waals surface area (Å²) in [6.07, 6.45) is 5.72. The first kappa shape index (κ1) is 12.6. The van der Waals surface area contributed by atoms with Crippen molar-refractivity contribution in [2.75, 3.05) is 6.54 Å². The molecule has 0 saturated heterocycles. The minimum atomic E-state index is 0.900. The SMILES string of the molecule is CC1CCCCC1CNCc1ccc(Br)s1. The molecule has 1 nitrogen and oxygen atoms in total. The molecule has 0 amide bonds. The van der Waals surface area contributed by atoms with Crippen LogP contribution in [0.15, 0.2) is 15.9 Å². The van der Waals surface area contributed by atoms with Crippen LogP contribution >= 0.6 is 27.3 Å². The molecular formula is C13H20BrNS. The zero-order valence-corrected chi connectivity index (χ0v) is 12.2. The standard InChI is InChI=1S/C13H20BrNS/c1-10-4-2-3-5-11(10)8-15-9-12-6-7-13(14)16-12/h6-7,10-11,15H,2-5,8-9H2,1H3. The average molecular weight is 302 g/mol. The lowest BCUT2D eigenvalue weighted by molar-refractivity contribution is 0.248. The van der Waals surface area contributed by atoms with E-state index in [1.807, 2.05) is 11.3 Å². The van der Waals surface area contributed by atoms with Gasteiger partial charge in [-0.05, 0) is 52.9 Å². The Morgan fingerprint density at radius 2 is 2.19 bits per heavy atom. The summed E-state index contributed by atoms with van der Waals surface area (Å²) in [5, 5.41) is 3.60. The van der Waals surface area contributed by atoms with Crippen LogP contribution in [0.2, 0.25) is 0 Å². The van der Waals surface area contributed by atoms with Crippen LogP contribution < -0.4 is 5.32 Å². The third-order valence-corrected chi connectivity index (χ3v) is 5.25. The molecule has 1 aliphatic carbocycles. The van der Waals surface area contributed by atoms with Gasteiger partial charge in [-0.15, -0.1) is 11.3 Å². The van der Waals surface area contributed by atoms with E-state index >= 15 is 0 Å². The maximum absolute atomic E-state index is 3.60. The van der Waals surface area contributed by atoms with Crippen molar-refractivity contribution in [3.8, 4) is 0 Å². The summed E-state index contributed by atoms with van der Waals surface area (Å²) < 4.78 is 1.23. The second kappa shape index (κ2) is 6.18. The summed E-state index contributed by atoms with van der Waals surface area (Å²) in [4.78, 5) is 1.43. The van der Waals surface area contributed by atoms with Crippen LogP contribution in [0.4, 0.5) is 0 Å². The Hall–Kier alpha value is 0.140. The van der Waals surface area contributed by atoms with Crippen LogP contribution in [0, 0.1) is 11.8 Å². The van der Waals surface area contributed by atoms with E-state index < -0.39 is 0 Å². The first-order valence-electron chi connectivity index (χ1n) is 6.20. The molecule has 2 unspecified atom stereocenters. The fraction of sp³-hybridized carbons (Fsp3) is 0.692. The van der Waals surface area contributed by atoms with E-state index in [9.17, 15) is 0 Å². The van der Waals surface area contributed by atoms with E-state index in [2.05, 4.69) is 40.3 Å². The van der Waals surface area contributed by atoms with Crippen LogP contribution in [0.3, 0.4) is 0 Å². The van der Waals surface area contributed by atoms with Gasteiger partial charge >= 0.3 is 0 Å². The van der Waals surface area contributed by atoms with Crippen molar-refractivity contribution >= 4 is 27.3 Å². The van der Waals surface area contributed by atoms with Gasteiger partial charge in [-0.3, -0.25) is 0 Å². The normalized spacial score (nSPS) is 25.9. The van der Waals surface area contributed by atoms with Crippen molar-refractivity contribution in [1.29, 1.82) is 0 Å². The van der Waals surface area contributed by atoms with Crippen molar-refractivity contribution in [3.63, 3.8) is 0 Å². The molecule has 0 aromatic carbocycles. The molecule has 2 atom stereocenters. The molecule has 1 saturated carbocycles. The zero-order valence-electron chi connectivity index (χ0n) is 9.84.